The Hall–Kier alpha value is -1.99. The van der Waals surface area contributed by atoms with Gasteiger partial charge in [0, 0.05) is 20.7 Å². The van der Waals surface area contributed by atoms with Crippen molar-refractivity contribution >= 4 is 17.5 Å². The van der Waals surface area contributed by atoms with Crippen molar-refractivity contribution in [2.45, 2.75) is 18.5 Å². The van der Waals surface area contributed by atoms with Crippen LogP contribution in [-0.4, -0.2) is 56.1 Å². The van der Waals surface area contributed by atoms with Crippen molar-refractivity contribution in [3.63, 3.8) is 0 Å². The highest BCUT2D eigenvalue weighted by atomic mass is 19.1. The van der Waals surface area contributed by atoms with E-state index in [1.165, 1.54) is 30.0 Å². The van der Waals surface area contributed by atoms with Gasteiger partial charge < -0.3 is 20.3 Å². The lowest BCUT2D eigenvalue weighted by Gasteiger charge is -2.26. The number of carbonyl (C=O) groups excluding carboxylic acids is 2. The highest BCUT2D eigenvalue weighted by Gasteiger charge is 2.38. The minimum absolute atomic E-state index is 0.0844. The summed E-state index contributed by atoms with van der Waals surface area (Å²) < 4.78 is 18.7. The van der Waals surface area contributed by atoms with Crippen molar-refractivity contribution in [2.75, 3.05) is 32.2 Å². The summed E-state index contributed by atoms with van der Waals surface area (Å²) >= 11 is 0. The van der Waals surface area contributed by atoms with Crippen LogP contribution in [0, 0.1) is 5.82 Å². The molecule has 0 spiro atoms. The molecule has 22 heavy (non-hydrogen) atoms. The summed E-state index contributed by atoms with van der Waals surface area (Å²) in [6.07, 6.45) is 0.440. The highest BCUT2D eigenvalue weighted by Crippen LogP contribution is 2.26. The van der Waals surface area contributed by atoms with Crippen LogP contribution in [-0.2, 0) is 14.3 Å². The number of benzene rings is 1. The molecule has 1 saturated heterocycles. The quantitative estimate of drug-likeness (QED) is 0.852. The molecule has 0 aliphatic carbocycles. The molecule has 2 unspecified atom stereocenters. The van der Waals surface area contributed by atoms with Crippen molar-refractivity contribution in [1.29, 1.82) is 0 Å². The van der Waals surface area contributed by atoms with E-state index < -0.39 is 17.9 Å². The molecule has 0 bridgehead atoms. The topological polar surface area (TPSA) is 75.9 Å². The maximum atomic E-state index is 13.8. The lowest BCUT2D eigenvalue weighted by Crippen LogP contribution is -2.50. The third kappa shape index (κ3) is 3.10. The zero-order valence-corrected chi connectivity index (χ0v) is 12.7. The molecule has 2 amide bonds. The van der Waals surface area contributed by atoms with Crippen molar-refractivity contribution in [3.8, 4) is 0 Å². The summed E-state index contributed by atoms with van der Waals surface area (Å²) in [5.74, 6) is -1.12. The van der Waals surface area contributed by atoms with Crippen LogP contribution in [0.2, 0.25) is 0 Å². The molecule has 1 heterocycles. The van der Waals surface area contributed by atoms with Gasteiger partial charge in [0.2, 0.25) is 11.8 Å². The number of amides is 2. The Balaban J connectivity index is 2.11. The summed E-state index contributed by atoms with van der Waals surface area (Å²) in [5.41, 5.74) is 5.94. The van der Waals surface area contributed by atoms with E-state index in [4.69, 9.17) is 10.5 Å². The van der Waals surface area contributed by atoms with Crippen molar-refractivity contribution < 1.29 is 18.7 Å². The number of para-hydroxylation sites is 1. The van der Waals surface area contributed by atoms with Crippen LogP contribution in [0.25, 0.3) is 0 Å². The van der Waals surface area contributed by atoms with Gasteiger partial charge in [0.05, 0.1) is 12.3 Å². The van der Waals surface area contributed by atoms with E-state index >= 15 is 0 Å². The Morgan fingerprint density at radius 3 is 2.86 bits per heavy atom. The molecule has 0 saturated carbocycles. The standard InChI is InChI=1S/C15H20FN3O3/c1-18(14(20)11(17)9-22-2)13-7-8-19(15(13)21)12-6-4-3-5-10(12)16/h3-6,11,13H,7-9,17H2,1-2H3. The summed E-state index contributed by atoms with van der Waals surface area (Å²) in [7, 11) is 2.99. The van der Waals surface area contributed by atoms with E-state index in [1.54, 1.807) is 18.2 Å². The second-order valence-electron chi connectivity index (χ2n) is 5.26. The number of halogens is 1. The molecule has 1 fully saturated rings. The van der Waals surface area contributed by atoms with Gasteiger partial charge in [-0.15, -0.1) is 0 Å². The SMILES string of the molecule is COCC(N)C(=O)N(C)C1CCN(c2ccccc2F)C1=O. The van der Waals surface area contributed by atoms with Crippen LogP contribution >= 0.6 is 0 Å². The smallest absolute Gasteiger partial charge is 0.249 e. The maximum Gasteiger partial charge on any atom is 0.249 e. The predicted molar refractivity (Wildman–Crippen MR) is 79.8 cm³/mol. The molecule has 2 N–H and O–H groups in total. The van der Waals surface area contributed by atoms with Gasteiger partial charge in [0.15, 0.2) is 0 Å². The molecule has 1 aromatic carbocycles. The number of ether oxygens (including phenoxy) is 1. The fourth-order valence-corrected chi connectivity index (χ4v) is 2.60. The Morgan fingerprint density at radius 2 is 2.23 bits per heavy atom. The first-order chi connectivity index (χ1) is 10.5. The number of rotatable bonds is 5. The van der Waals surface area contributed by atoms with Crippen LogP contribution in [0.15, 0.2) is 24.3 Å². The Morgan fingerprint density at radius 1 is 1.55 bits per heavy atom. The van der Waals surface area contributed by atoms with Gasteiger partial charge in [-0.05, 0) is 18.6 Å². The Kier molecular flexibility index (Phi) is 5.10. The lowest BCUT2D eigenvalue weighted by molar-refractivity contribution is -0.138. The average molecular weight is 309 g/mol. The Bertz CT molecular complexity index is 567. The molecule has 7 heteroatoms. The number of methoxy groups -OCH3 is 1. The molecule has 1 aliphatic rings. The van der Waals surface area contributed by atoms with Crippen molar-refractivity contribution in [2.24, 2.45) is 5.73 Å². The number of likely N-dealkylation sites (N-methyl/N-ethyl adjacent to an activating group) is 1. The minimum atomic E-state index is -0.815. The van der Waals surface area contributed by atoms with Crippen LogP contribution in [0.5, 0.6) is 0 Å². The summed E-state index contributed by atoms with van der Waals surface area (Å²) in [6.45, 7) is 0.447. The second-order valence-corrected chi connectivity index (χ2v) is 5.26. The van der Waals surface area contributed by atoms with Crippen molar-refractivity contribution in [3.05, 3.63) is 30.1 Å². The first kappa shape index (κ1) is 16.4. The number of hydrogen-bond donors (Lipinski definition) is 1. The zero-order chi connectivity index (χ0) is 16.3. The monoisotopic (exact) mass is 309 g/mol. The lowest BCUT2D eigenvalue weighted by atomic mass is 10.2. The van der Waals surface area contributed by atoms with Gasteiger partial charge in [-0.2, -0.15) is 0 Å². The molecular weight excluding hydrogens is 289 g/mol. The first-order valence-electron chi connectivity index (χ1n) is 7.04. The van der Waals surface area contributed by atoms with Gasteiger partial charge in [-0.3, -0.25) is 9.59 Å². The molecule has 1 aliphatic heterocycles. The largest absolute Gasteiger partial charge is 0.383 e. The van der Waals surface area contributed by atoms with E-state index in [9.17, 15) is 14.0 Å². The first-order valence-corrected chi connectivity index (χ1v) is 7.04. The summed E-state index contributed by atoms with van der Waals surface area (Å²) in [6, 6.07) is 4.65. The normalized spacial score (nSPS) is 19.4. The summed E-state index contributed by atoms with van der Waals surface area (Å²) in [5, 5.41) is 0. The maximum absolute atomic E-state index is 13.8. The van der Waals surface area contributed by atoms with Crippen molar-refractivity contribution in [1.82, 2.24) is 4.90 Å². The third-order valence-electron chi connectivity index (χ3n) is 3.80. The van der Waals surface area contributed by atoms with Gasteiger partial charge in [0.25, 0.3) is 0 Å². The van der Waals surface area contributed by atoms with E-state index in [0.717, 1.165) is 0 Å². The number of carbonyl (C=O) groups is 2. The molecule has 0 radical (unpaired) electrons. The van der Waals surface area contributed by atoms with Crippen LogP contribution in [0.3, 0.4) is 0 Å². The van der Waals surface area contributed by atoms with Gasteiger partial charge >= 0.3 is 0 Å². The van der Waals surface area contributed by atoms with Gasteiger partial charge in [-0.1, -0.05) is 12.1 Å². The molecule has 2 atom stereocenters. The van der Waals surface area contributed by atoms with E-state index in [2.05, 4.69) is 0 Å². The number of nitrogens with two attached hydrogens (primary N) is 1. The van der Waals surface area contributed by atoms with Crippen LogP contribution < -0.4 is 10.6 Å². The molecule has 0 aromatic heterocycles. The predicted octanol–water partition coefficient (Wildman–Crippen LogP) is 0.363. The van der Waals surface area contributed by atoms with Gasteiger partial charge in [0.1, 0.15) is 17.9 Å². The molecular formula is C15H20FN3O3. The third-order valence-corrected chi connectivity index (χ3v) is 3.80. The van der Waals surface area contributed by atoms with Gasteiger partial charge in [-0.25, -0.2) is 4.39 Å². The van der Waals surface area contributed by atoms with Crippen LogP contribution in [0.1, 0.15) is 6.42 Å². The molecule has 2 rings (SSSR count). The number of nitrogens with zero attached hydrogens (tertiary/aromatic N) is 2. The molecule has 1 aromatic rings. The number of hydrogen-bond acceptors (Lipinski definition) is 4. The van der Waals surface area contributed by atoms with E-state index in [0.29, 0.717) is 13.0 Å². The fraction of sp³-hybridized carbons (Fsp3) is 0.467. The van der Waals surface area contributed by atoms with E-state index in [1.807, 2.05) is 0 Å². The van der Waals surface area contributed by atoms with Crippen LogP contribution in [0.4, 0.5) is 10.1 Å². The fourth-order valence-electron chi connectivity index (χ4n) is 2.60. The second kappa shape index (κ2) is 6.85. The average Bonchev–Trinajstić information content (AvgIpc) is 2.88. The number of anilines is 1. The zero-order valence-electron chi connectivity index (χ0n) is 12.7. The van der Waals surface area contributed by atoms with E-state index in [-0.39, 0.29) is 24.1 Å². The summed E-state index contributed by atoms with van der Waals surface area (Å²) in [4.78, 5) is 27.3. The molecule has 6 nitrogen and oxygen atoms in total. The minimum Gasteiger partial charge on any atom is -0.383 e. The highest BCUT2D eigenvalue weighted by molar-refractivity contribution is 6.01. The molecule has 120 valence electrons. The Labute approximate surface area is 128 Å².